The Morgan fingerprint density at radius 1 is 1.07 bits per heavy atom. The van der Waals surface area contributed by atoms with Gasteiger partial charge < -0.3 is 4.74 Å². The summed E-state index contributed by atoms with van der Waals surface area (Å²) in [7, 11) is 0. The van der Waals surface area contributed by atoms with Crippen molar-refractivity contribution in [3.05, 3.63) is 71.0 Å². The minimum absolute atomic E-state index is 0.00471. The average molecular weight is 560 g/mol. The Morgan fingerprint density at radius 2 is 1.80 bits per heavy atom. The van der Waals surface area contributed by atoms with E-state index in [0.29, 0.717) is 11.5 Å². The van der Waals surface area contributed by atoms with E-state index >= 15 is 4.39 Å². The van der Waals surface area contributed by atoms with Gasteiger partial charge >= 0.3 is 6.09 Å². The van der Waals surface area contributed by atoms with Gasteiger partial charge in [0.1, 0.15) is 11.4 Å². The van der Waals surface area contributed by atoms with Gasteiger partial charge in [0.2, 0.25) is 0 Å². The van der Waals surface area contributed by atoms with Crippen LogP contribution in [-0.2, 0) is 22.5 Å². The number of piperidine rings is 2. The summed E-state index contributed by atoms with van der Waals surface area (Å²) in [4.78, 5) is 30.5. The van der Waals surface area contributed by atoms with Crippen LogP contribution in [0.4, 0.5) is 9.18 Å². The first-order chi connectivity index (χ1) is 19.6. The molecule has 4 atom stereocenters. The number of halogens is 1. The van der Waals surface area contributed by atoms with Crippen LogP contribution in [0.25, 0.3) is 0 Å². The maximum atomic E-state index is 15.3. The molecule has 0 unspecified atom stereocenters. The molecule has 0 N–H and O–H groups in total. The zero-order chi connectivity index (χ0) is 29.1. The van der Waals surface area contributed by atoms with Gasteiger partial charge in [-0.05, 0) is 107 Å². The first-order valence-electron chi connectivity index (χ1n) is 15.1. The van der Waals surface area contributed by atoms with Crippen LogP contribution in [-0.4, -0.2) is 52.5 Å². The molecule has 1 amide bonds. The zero-order valence-corrected chi connectivity index (χ0v) is 24.5. The predicted molar refractivity (Wildman–Crippen MR) is 156 cm³/mol. The lowest BCUT2D eigenvalue weighted by Crippen LogP contribution is -2.51. The van der Waals surface area contributed by atoms with E-state index in [1.54, 1.807) is 17.0 Å². The SMILES string of the molecule is CC(C)(C)OC(=O)N1[C@@H]2CC[C@@H](C2)[C@H]1C(=O)C[C@H](C#N)Cc1ccc(C2CCN(Cc3ccccc3)CC2)cc1F. The summed E-state index contributed by atoms with van der Waals surface area (Å²) in [6, 6.07) is 17.6. The first-order valence-corrected chi connectivity index (χ1v) is 15.1. The van der Waals surface area contributed by atoms with E-state index < -0.39 is 23.7 Å². The van der Waals surface area contributed by atoms with Gasteiger partial charge in [0, 0.05) is 19.0 Å². The molecule has 2 aromatic rings. The van der Waals surface area contributed by atoms with Gasteiger partial charge in [-0.2, -0.15) is 5.26 Å². The van der Waals surface area contributed by atoms with E-state index in [4.69, 9.17) is 4.74 Å². The number of hydrogen-bond acceptors (Lipinski definition) is 5. The molecule has 0 radical (unpaired) electrons. The molecule has 2 heterocycles. The minimum atomic E-state index is -0.649. The summed E-state index contributed by atoms with van der Waals surface area (Å²) in [5.74, 6) is -0.653. The van der Waals surface area contributed by atoms with Crippen molar-refractivity contribution in [2.45, 2.75) is 95.9 Å². The highest BCUT2D eigenvalue weighted by Gasteiger charge is 2.52. The van der Waals surface area contributed by atoms with E-state index in [-0.39, 0.29) is 36.4 Å². The summed E-state index contributed by atoms with van der Waals surface area (Å²) < 4.78 is 20.9. The predicted octanol–water partition coefficient (Wildman–Crippen LogP) is 6.63. The quantitative estimate of drug-likeness (QED) is 0.363. The van der Waals surface area contributed by atoms with E-state index in [1.165, 1.54) is 5.56 Å². The van der Waals surface area contributed by atoms with Crippen molar-refractivity contribution in [3.63, 3.8) is 0 Å². The maximum Gasteiger partial charge on any atom is 0.411 e. The summed E-state index contributed by atoms with van der Waals surface area (Å²) in [5.41, 5.74) is 2.13. The molecule has 1 aliphatic carbocycles. The summed E-state index contributed by atoms with van der Waals surface area (Å²) in [6.45, 7) is 8.34. The van der Waals surface area contributed by atoms with Crippen LogP contribution in [0.2, 0.25) is 0 Å². The summed E-state index contributed by atoms with van der Waals surface area (Å²) in [5, 5.41) is 9.88. The van der Waals surface area contributed by atoms with Crippen molar-refractivity contribution in [1.82, 2.24) is 9.80 Å². The van der Waals surface area contributed by atoms with Gasteiger partial charge in [0.05, 0.1) is 18.0 Å². The van der Waals surface area contributed by atoms with Gasteiger partial charge in [-0.15, -0.1) is 0 Å². The lowest BCUT2D eigenvalue weighted by molar-refractivity contribution is -0.126. The minimum Gasteiger partial charge on any atom is -0.444 e. The number of Topliss-reactive ketones (excluding diaryl/α,β-unsaturated/α-hetero) is 1. The van der Waals surface area contributed by atoms with E-state index in [9.17, 15) is 14.9 Å². The number of ketones is 1. The van der Waals surface area contributed by atoms with Gasteiger partial charge in [-0.25, -0.2) is 9.18 Å². The fraction of sp³-hybridized carbons (Fsp3) is 0.559. The highest BCUT2D eigenvalue weighted by molar-refractivity contribution is 5.89. The number of benzene rings is 2. The summed E-state index contributed by atoms with van der Waals surface area (Å²) in [6.07, 6.45) is 4.27. The number of nitrogens with zero attached hydrogens (tertiary/aromatic N) is 3. The second-order valence-corrected chi connectivity index (χ2v) is 13.1. The normalized spacial score (nSPS) is 23.8. The highest BCUT2D eigenvalue weighted by Crippen LogP contribution is 2.44. The van der Waals surface area contributed by atoms with Crippen LogP contribution in [0.5, 0.6) is 0 Å². The highest BCUT2D eigenvalue weighted by atomic mass is 19.1. The van der Waals surface area contributed by atoms with E-state index in [2.05, 4.69) is 35.2 Å². The van der Waals surface area contributed by atoms with Gasteiger partial charge in [-0.1, -0.05) is 42.5 Å². The molecule has 7 heteroatoms. The third-order valence-corrected chi connectivity index (χ3v) is 9.00. The van der Waals surface area contributed by atoms with Crippen LogP contribution < -0.4 is 0 Å². The van der Waals surface area contributed by atoms with Crippen molar-refractivity contribution >= 4 is 11.9 Å². The number of rotatable bonds is 8. The third-order valence-electron chi connectivity index (χ3n) is 9.00. The molecule has 6 nitrogen and oxygen atoms in total. The first kappa shape index (κ1) is 29.3. The second kappa shape index (κ2) is 12.3. The molecule has 2 saturated heterocycles. The molecule has 0 aromatic heterocycles. The Morgan fingerprint density at radius 3 is 2.46 bits per heavy atom. The molecule has 2 bridgehead atoms. The number of ether oxygens (including phenoxy) is 1. The van der Waals surface area contributed by atoms with Crippen molar-refractivity contribution < 1.29 is 18.7 Å². The fourth-order valence-corrected chi connectivity index (χ4v) is 7.02. The molecule has 41 heavy (non-hydrogen) atoms. The number of carbonyl (C=O) groups is 2. The smallest absolute Gasteiger partial charge is 0.411 e. The Bertz CT molecular complexity index is 1280. The van der Waals surface area contributed by atoms with Crippen LogP contribution >= 0.6 is 0 Å². The molecule has 3 fully saturated rings. The van der Waals surface area contributed by atoms with Crippen molar-refractivity contribution in [3.8, 4) is 6.07 Å². The number of likely N-dealkylation sites (tertiary alicyclic amines) is 2. The molecular weight excluding hydrogens is 517 g/mol. The van der Waals surface area contributed by atoms with Gasteiger partial charge in [0.25, 0.3) is 0 Å². The lowest BCUT2D eigenvalue weighted by Gasteiger charge is -2.35. The number of carbonyl (C=O) groups excluding carboxylic acids is 2. The molecule has 2 aliphatic heterocycles. The zero-order valence-electron chi connectivity index (χ0n) is 24.5. The Hall–Kier alpha value is -3.24. The topological polar surface area (TPSA) is 73.6 Å². The molecule has 1 saturated carbocycles. The third kappa shape index (κ3) is 6.98. The van der Waals surface area contributed by atoms with Crippen LogP contribution in [0.1, 0.15) is 81.9 Å². The second-order valence-electron chi connectivity index (χ2n) is 13.1. The Balaban J connectivity index is 1.17. The van der Waals surface area contributed by atoms with Crippen molar-refractivity contribution in [1.29, 1.82) is 5.26 Å². The Kier molecular flexibility index (Phi) is 8.79. The lowest BCUT2D eigenvalue weighted by atomic mass is 9.86. The molecule has 218 valence electrons. The van der Waals surface area contributed by atoms with Crippen LogP contribution in [0, 0.1) is 29.0 Å². The molecule has 2 aromatic carbocycles. The van der Waals surface area contributed by atoms with Crippen LogP contribution in [0.15, 0.2) is 48.5 Å². The van der Waals surface area contributed by atoms with Crippen molar-refractivity contribution in [2.24, 2.45) is 11.8 Å². The van der Waals surface area contributed by atoms with E-state index in [1.807, 2.05) is 32.9 Å². The standard InChI is InChI=1S/C34H42FN3O3/c1-34(2,3)41-33(40)38-29-12-11-28(19-29)32(38)31(39)18-24(21-36)17-27-10-9-26(20-30(27)35)25-13-15-37(16-14-25)22-23-7-5-4-6-8-23/h4-10,20,24-25,28-29,32H,11-19,22H2,1-3H3/t24-,28+,29-,32+/m1/s1. The van der Waals surface area contributed by atoms with Crippen LogP contribution in [0.3, 0.4) is 0 Å². The monoisotopic (exact) mass is 559 g/mol. The van der Waals surface area contributed by atoms with Crippen molar-refractivity contribution in [2.75, 3.05) is 13.1 Å². The Labute approximate surface area is 243 Å². The van der Waals surface area contributed by atoms with Gasteiger partial charge in [0.15, 0.2) is 5.78 Å². The largest absolute Gasteiger partial charge is 0.444 e. The summed E-state index contributed by atoms with van der Waals surface area (Å²) >= 11 is 0. The fourth-order valence-electron chi connectivity index (χ4n) is 7.02. The average Bonchev–Trinajstić information content (AvgIpc) is 3.56. The number of fused-ring (bicyclic) bond motifs is 2. The molecular formula is C34H42FN3O3. The van der Waals surface area contributed by atoms with Gasteiger partial charge in [-0.3, -0.25) is 14.6 Å². The molecule has 0 spiro atoms. The number of nitriles is 1. The number of hydrogen-bond donors (Lipinski definition) is 0. The maximum absolute atomic E-state index is 15.3. The molecule has 3 aliphatic rings. The molecule has 5 rings (SSSR count). The van der Waals surface area contributed by atoms with E-state index in [0.717, 1.165) is 57.3 Å². The number of amides is 1.